The molecule has 1 aromatic carbocycles. The number of benzene rings is 1. The summed E-state index contributed by atoms with van der Waals surface area (Å²) in [5, 5.41) is 23.0. The molecule has 39 heavy (non-hydrogen) atoms. The van der Waals surface area contributed by atoms with Gasteiger partial charge in [0.25, 0.3) is 0 Å². The summed E-state index contributed by atoms with van der Waals surface area (Å²) in [6, 6.07) is 3.02. The van der Waals surface area contributed by atoms with Gasteiger partial charge < -0.3 is 20.5 Å². The minimum atomic E-state index is -0.702. The van der Waals surface area contributed by atoms with Crippen LogP contribution in [0.5, 0.6) is 5.75 Å². The lowest BCUT2D eigenvalue weighted by molar-refractivity contribution is 0.0501. The van der Waals surface area contributed by atoms with Crippen molar-refractivity contribution in [1.29, 1.82) is 0 Å². The fraction of sp³-hybridized carbons (Fsp3) is 0.520. The Kier molecular flexibility index (Phi) is 7.19. The topological polar surface area (TPSA) is 140 Å². The number of aliphatic hydroxyl groups excluding tert-OH is 1. The highest BCUT2D eigenvalue weighted by atomic mass is 19.1. The van der Waals surface area contributed by atoms with Gasteiger partial charge in [-0.25, -0.2) is 24.0 Å². The molecule has 13 nitrogen and oxygen atoms in total. The Morgan fingerprint density at radius 1 is 1.33 bits per heavy atom. The summed E-state index contributed by atoms with van der Waals surface area (Å²) >= 11 is 0. The molecule has 2 aromatic heterocycles. The number of aryl methyl sites for hydroxylation is 1. The number of rotatable bonds is 8. The molecule has 3 aromatic rings. The molecular formula is C25H31FN10O3. The zero-order chi connectivity index (χ0) is 27.7. The number of ether oxygens (including phenoxy) is 1. The van der Waals surface area contributed by atoms with E-state index in [9.17, 15) is 4.79 Å². The smallest absolute Gasteiger partial charge is 0.368 e. The number of anilines is 3. The maximum Gasteiger partial charge on any atom is 0.368 e. The first kappa shape index (κ1) is 26.5. The number of nitrogens with zero attached hydrogens (tertiary/aromatic N) is 8. The SMILES string of the molecule is [C-]#[N+]c1cnc(Nc2cc(-n3nnn(C)c3=O)c(OCCO)cc2F)nc1NC1C[C@@H]2CCCN2C(C)(C)C1. The van der Waals surface area contributed by atoms with E-state index in [-0.39, 0.29) is 53.6 Å². The number of hydrogen-bond acceptors (Lipinski definition) is 10. The van der Waals surface area contributed by atoms with E-state index in [1.54, 1.807) is 0 Å². The Balaban J connectivity index is 1.44. The number of tetrazole rings is 1. The van der Waals surface area contributed by atoms with Gasteiger partial charge in [-0.1, -0.05) is 0 Å². The van der Waals surface area contributed by atoms with Gasteiger partial charge in [0.15, 0.2) is 5.82 Å². The summed E-state index contributed by atoms with van der Waals surface area (Å²) in [7, 11) is 1.43. The Morgan fingerprint density at radius 3 is 2.87 bits per heavy atom. The first-order valence-corrected chi connectivity index (χ1v) is 12.8. The third kappa shape index (κ3) is 5.27. The Morgan fingerprint density at radius 2 is 2.15 bits per heavy atom. The first-order valence-electron chi connectivity index (χ1n) is 12.8. The van der Waals surface area contributed by atoms with Gasteiger partial charge in [-0.05, 0) is 62.6 Å². The average Bonchev–Trinajstić information content (AvgIpc) is 3.51. The van der Waals surface area contributed by atoms with Crippen LogP contribution in [0.15, 0.2) is 23.1 Å². The molecule has 2 saturated heterocycles. The fourth-order valence-electron chi connectivity index (χ4n) is 5.60. The van der Waals surface area contributed by atoms with Crippen molar-refractivity contribution in [2.24, 2.45) is 7.05 Å². The number of halogens is 1. The van der Waals surface area contributed by atoms with Crippen molar-refractivity contribution in [1.82, 2.24) is 34.7 Å². The van der Waals surface area contributed by atoms with E-state index in [4.69, 9.17) is 16.4 Å². The van der Waals surface area contributed by atoms with E-state index >= 15 is 4.39 Å². The number of aliphatic hydroxyl groups is 1. The van der Waals surface area contributed by atoms with Crippen molar-refractivity contribution >= 4 is 23.1 Å². The normalized spacial score (nSPS) is 20.3. The van der Waals surface area contributed by atoms with Crippen LogP contribution in [0.25, 0.3) is 10.5 Å². The summed E-state index contributed by atoms with van der Waals surface area (Å²) in [5.41, 5.74) is -0.191. The lowest BCUT2D eigenvalue weighted by Crippen LogP contribution is -2.55. The molecule has 2 fully saturated rings. The molecule has 2 aliphatic heterocycles. The minimum Gasteiger partial charge on any atom is -0.489 e. The molecule has 0 spiro atoms. The first-order chi connectivity index (χ1) is 18.7. The lowest BCUT2D eigenvalue weighted by atomic mass is 9.84. The Labute approximate surface area is 224 Å². The van der Waals surface area contributed by atoms with Gasteiger partial charge in [0.1, 0.15) is 23.9 Å². The Hall–Kier alpha value is -4.09. The predicted octanol–water partition coefficient (Wildman–Crippen LogP) is 2.38. The summed E-state index contributed by atoms with van der Waals surface area (Å²) in [6.45, 7) is 12.8. The lowest BCUT2D eigenvalue weighted by Gasteiger charge is -2.48. The van der Waals surface area contributed by atoms with Crippen LogP contribution < -0.4 is 21.1 Å². The molecule has 1 unspecified atom stereocenters. The van der Waals surface area contributed by atoms with Crippen molar-refractivity contribution in [3.63, 3.8) is 0 Å². The number of nitrogens with one attached hydrogen (secondary N) is 2. The molecule has 206 valence electrons. The molecule has 5 rings (SSSR count). The molecule has 2 aliphatic rings. The highest BCUT2D eigenvalue weighted by molar-refractivity contribution is 5.69. The van der Waals surface area contributed by atoms with Crippen LogP contribution in [0.1, 0.15) is 39.5 Å². The zero-order valence-corrected chi connectivity index (χ0v) is 22.1. The van der Waals surface area contributed by atoms with Gasteiger partial charge in [0.2, 0.25) is 11.6 Å². The summed E-state index contributed by atoms with van der Waals surface area (Å²) in [5.74, 6) is -0.250. The number of fused-ring (bicyclic) bond motifs is 1. The van der Waals surface area contributed by atoms with E-state index in [0.717, 1.165) is 41.2 Å². The van der Waals surface area contributed by atoms with E-state index in [0.29, 0.717) is 11.9 Å². The molecule has 3 N–H and O–H groups in total. The largest absolute Gasteiger partial charge is 0.489 e. The fourth-order valence-corrected chi connectivity index (χ4v) is 5.60. The number of aromatic nitrogens is 6. The second kappa shape index (κ2) is 10.6. The van der Waals surface area contributed by atoms with Crippen LogP contribution in [0, 0.1) is 12.4 Å². The minimum absolute atomic E-state index is 0.00204. The van der Waals surface area contributed by atoms with Crippen molar-refractivity contribution in [2.75, 3.05) is 30.4 Å². The van der Waals surface area contributed by atoms with Crippen molar-refractivity contribution in [3.8, 4) is 11.4 Å². The van der Waals surface area contributed by atoms with Crippen LogP contribution in [-0.2, 0) is 7.05 Å². The molecular weight excluding hydrogens is 507 g/mol. The van der Waals surface area contributed by atoms with Crippen LogP contribution in [0.4, 0.5) is 27.5 Å². The zero-order valence-electron chi connectivity index (χ0n) is 22.1. The van der Waals surface area contributed by atoms with E-state index in [1.165, 1.54) is 25.7 Å². The molecule has 0 bridgehead atoms. The van der Waals surface area contributed by atoms with Crippen LogP contribution in [-0.4, -0.2) is 77.1 Å². The third-order valence-corrected chi connectivity index (χ3v) is 7.28. The highest BCUT2D eigenvalue weighted by Gasteiger charge is 2.43. The monoisotopic (exact) mass is 538 g/mol. The molecule has 0 amide bonds. The third-order valence-electron chi connectivity index (χ3n) is 7.28. The molecule has 0 saturated carbocycles. The van der Waals surface area contributed by atoms with Crippen LogP contribution in [0.3, 0.4) is 0 Å². The Bertz CT molecular complexity index is 1460. The number of hydrogen-bond donors (Lipinski definition) is 3. The molecule has 0 radical (unpaired) electrons. The maximum atomic E-state index is 15.1. The summed E-state index contributed by atoms with van der Waals surface area (Å²) in [4.78, 5) is 27.3. The molecule has 2 atom stereocenters. The molecule has 14 heteroatoms. The van der Waals surface area contributed by atoms with Crippen LogP contribution >= 0.6 is 0 Å². The molecule has 4 heterocycles. The van der Waals surface area contributed by atoms with Crippen molar-refractivity contribution in [2.45, 2.75) is 57.2 Å². The molecule has 0 aliphatic carbocycles. The summed E-state index contributed by atoms with van der Waals surface area (Å²) < 4.78 is 22.6. The van der Waals surface area contributed by atoms with Gasteiger partial charge in [0, 0.05) is 36.9 Å². The van der Waals surface area contributed by atoms with Gasteiger partial charge >= 0.3 is 5.69 Å². The van der Waals surface area contributed by atoms with E-state index < -0.39 is 11.5 Å². The predicted molar refractivity (Wildman–Crippen MR) is 141 cm³/mol. The average molecular weight is 539 g/mol. The quantitative estimate of drug-likeness (QED) is 0.366. The second-order valence-electron chi connectivity index (χ2n) is 10.4. The van der Waals surface area contributed by atoms with Gasteiger partial charge in [-0.3, -0.25) is 4.90 Å². The van der Waals surface area contributed by atoms with E-state index in [2.05, 4.69) is 54.6 Å². The second-order valence-corrected chi connectivity index (χ2v) is 10.4. The van der Waals surface area contributed by atoms with Gasteiger partial charge in [0.05, 0.1) is 18.9 Å². The standard InChI is InChI=1S/C25H31FN10O3/c1-25(2)13-15(10-16-6-5-7-35(16)25)29-22-19(27-3)14-28-23(31-22)30-18-12-20(36-24(38)34(4)32-33-36)21(11-17(18)26)39-9-8-37/h11-12,14-16,37H,5-10,13H2,1-2,4H3,(H2,28,29,30,31)/t15?,16-/m0/s1. The van der Waals surface area contributed by atoms with Gasteiger partial charge in [-0.2, -0.15) is 9.36 Å². The van der Waals surface area contributed by atoms with Crippen LogP contribution in [0.2, 0.25) is 0 Å². The number of piperidine rings is 1. The maximum absolute atomic E-state index is 15.1. The van der Waals surface area contributed by atoms with Crippen molar-refractivity contribution in [3.05, 3.63) is 46.0 Å². The van der Waals surface area contributed by atoms with E-state index in [1.807, 2.05) is 0 Å². The highest BCUT2D eigenvalue weighted by Crippen LogP contribution is 2.39. The summed E-state index contributed by atoms with van der Waals surface area (Å²) in [6.07, 6.45) is 5.59. The van der Waals surface area contributed by atoms with Crippen molar-refractivity contribution < 1.29 is 14.2 Å². The van der Waals surface area contributed by atoms with Gasteiger partial charge in [-0.15, -0.1) is 0 Å².